The lowest BCUT2D eigenvalue weighted by Gasteiger charge is -2.15. The Kier molecular flexibility index (Phi) is 4.87. The monoisotopic (exact) mass is 384 g/mol. The summed E-state index contributed by atoms with van der Waals surface area (Å²) in [5, 5.41) is 14.2. The minimum absolute atomic E-state index is 0.138. The largest absolute Gasteiger partial charge is 0.506 e. The quantitative estimate of drug-likeness (QED) is 0.488. The number of carbonyl (C=O) groups is 1. The van der Waals surface area contributed by atoms with Crippen LogP contribution >= 0.6 is 0 Å². The average molecular weight is 384 g/mol. The smallest absolute Gasteiger partial charge is 0.260 e. The minimum atomic E-state index is -0.379. The van der Waals surface area contributed by atoms with Crippen LogP contribution in [0.4, 0.5) is 0 Å². The number of rotatable bonds is 4. The Morgan fingerprint density at radius 3 is 2.31 bits per heavy atom. The van der Waals surface area contributed by atoms with Crippen LogP contribution in [0.5, 0.6) is 5.75 Å². The van der Waals surface area contributed by atoms with Crippen LogP contribution in [-0.2, 0) is 0 Å². The second kappa shape index (κ2) is 7.64. The third-order valence-electron chi connectivity index (χ3n) is 4.96. The summed E-state index contributed by atoms with van der Waals surface area (Å²) in [5.74, 6) is -0.393. The Morgan fingerprint density at radius 1 is 0.966 bits per heavy atom. The zero-order valence-corrected chi connectivity index (χ0v) is 15.8. The molecule has 144 valence electrons. The minimum Gasteiger partial charge on any atom is -0.506 e. The first-order valence-corrected chi connectivity index (χ1v) is 9.35. The number of H-pyrrole nitrogens is 1. The highest BCUT2D eigenvalue weighted by Gasteiger charge is 2.17. The van der Waals surface area contributed by atoms with Gasteiger partial charge in [0.1, 0.15) is 5.75 Å². The van der Waals surface area contributed by atoms with Gasteiger partial charge in [-0.25, -0.2) is 0 Å². The zero-order valence-electron chi connectivity index (χ0n) is 15.8. The van der Waals surface area contributed by atoms with Crippen molar-refractivity contribution >= 4 is 16.8 Å². The number of aromatic hydroxyl groups is 1. The summed E-state index contributed by atoms with van der Waals surface area (Å²) in [6, 6.07) is 23.3. The highest BCUT2D eigenvalue weighted by molar-refractivity contribution is 6.00. The van der Waals surface area contributed by atoms with Crippen molar-refractivity contribution in [2.45, 2.75) is 13.0 Å². The van der Waals surface area contributed by atoms with Crippen molar-refractivity contribution in [3.8, 4) is 16.9 Å². The predicted octanol–water partition coefficient (Wildman–Crippen LogP) is 4.39. The Labute approximate surface area is 167 Å². The first kappa shape index (κ1) is 18.5. The second-order valence-electron chi connectivity index (χ2n) is 6.91. The summed E-state index contributed by atoms with van der Waals surface area (Å²) in [4.78, 5) is 28.0. The Morgan fingerprint density at radius 2 is 1.62 bits per heavy atom. The van der Waals surface area contributed by atoms with Crippen molar-refractivity contribution in [2.75, 3.05) is 0 Å². The highest BCUT2D eigenvalue weighted by atomic mass is 16.3. The van der Waals surface area contributed by atoms with Crippen LogP contribution < -0.4 is 10.9 Å². The molecule has 1 atom stereocenters. The molecule has 5 heteroatoms. The molecule has 0 aliphatic carbocycles. The van der Waals surface area contributed by atoms with Crippen LogP contribution in [0.3, 0.4) is 0 Å². The molecular weight excluding hydrogens is 364 g/mol. The second-order valence-corrected chi connectivity index (χ2v) is 6.91. The molecule has 4 aromatic rings. The lowest BCUT2D eigenvalue weighted by molar-refractivity contribution is 0.0940. The molecule has 3 aromatic carbocycles. The van der Waals surface area contributed by atoms with E-state index in [4.69, 9.17) is 0 Å². The van der Waals surface area contributed by atoms with E-state index in [9.17, 15) is 14.7 Å². The van der Waals surface area contributed by atoms with E-state index < -0.39 is 0 Å². The molecular formula is C24H20N2O3. The fourth-order valence-corrected chi connectivity index (χ4v) is 3.40. The maximum absolute atomic E-state index is 12.7. The number of carbonyl (C=O) groups excluding carboxylic acids is 1. The molecule has 5 nitrogen and oxygen atoms in total. The van der Waals surface area contributed by atoms with E-state index in [2.05, 4.69) is 10.3 Å². The topological polar surface area (TPSA) is 82.2 Å². The number of aromatic nitrogens is 1. The number of aromatic amines is 1. The number of pyridine rings is 1. The van der Waals surface area contributed by atoms with Gasteiger partial charge in [-0.1, -0.05) is 60.7 Å². The van der Waals surface area contributed by atoms with Gasteiger partial charge in [0, 0.05) is 10.9 Å². The van der Waals surface area contributed by atoms with Crippen LogP contribution in [0.1, 0.15) is 28.9 Å². The van der Waals surface area contributed by atoms with E-state index >= 15 is 0 Å². The summed E-state index contributed by atoms with van der Waals surface area (Å²) in [6.45, 7) is 1.91. The fraction of sp³-hybridized carbons (Fsp3) is 0.0833. The summed E-state index contributed by atoms with van der Waals surface area (Å²) in [7, 11) is 0. The van der Waals surface area contributed by atoms with Gasteiger partial charge in [-0.05, 0) is 36.2 Å². The first-order chi connectivity index (χ1) is 14.0. The molecule has 0 aliphatic heterocycles. The van der Waals surface area contributed by atoms with Crippen molar-refractivity contribution in [2.24, 2.45) is 0 Å². The molecule has 0 fully saturated rings. The standard InChI is InChI=1S/C24H20N2O3/c1-15(16-8-4-2-5-9-16)25-23(28)18-12-13-20-19(14-18)22(27)21(24(29)26-20)17-10-6-3-7-11-17/h2-15H,1H3,(H,25,28)(H2,26,27,29)/t15-/m0/s1. The van der Waals surface area contributed by atoms with Crippen molar-refractivity contribution in [1.82, 2.24) is 10.3 Å². The molecule has 0 saturated heterocycles. The highest BCUT2D eigenvalue weighted by Crippen LogP contribution is 2.32. The SMILES string of the molecule is C[C@H](NC(=O)c1ccc2[nH]c(=O)c(-c3ccccc3)c(O)c2c1)c1ccccc1. The molecule has 29 heavy (non-hydrogen) atoms. The van der Waals surface area contributed by atoms with Gasteiger partial charge in [0.2, 0.25) is 0 Å². The van der Waals surface area contributed by atoms with Gasteiger partial charge in [-0.2, -0.15) is 0 Å². The molecule has 0 bridgehead atoms. The number of nitrogens with one attached hydrogen (secondary N) is 2. The average Bonchev–Trinajstić information content (AvgIpc) is 2.75. The van der Waals surface area contributed by atoms with Gasteiger partial charge < -0.3 is 15.4 Å². The maximum Gasteiger partial charge on any atom is 0.260 e. The Balaban J connectivity index is 1.72. The van der Waals surface area contributed by atoms with Crippen LogP contribution in [0.15, 0.2) is 83.7 Å². The van der Waals surface area contributed by atoms with E-state index in [-0.39, 0.29) is 28.8 Å². The van der Waals surface area contributed by atoms with E-state index in [1.807, 2.05) is 43.3 Å². The number of fused-ring (bicyclic) bond motifs is 1. The fourth-order valence-electron chi connectivity index (χ4n) is 3.40. The molecule has 0 saturated carbocycles. The number of benzene rings is 3. The van der Waals surface area contributed by atoms with Crippen molar-refractivity contribution < 1.29 is 9.90 Å². The van der Waals surface area contributed by atoms with Gasteiger partial charge in [-0.15, -0.1) is 0 Å². The van der Waals surface area contributed by atoms with E-state index in [0.29, 0.717) is 22.0 Å². The Bertz CT molecular complexity index is 1230. The van der Waals surface area contributed by atoms with E-state index in [1.54, 1.807) is 42.5 Å². The number of hydrogen-bond donors (Lipinski definition) is 3. The lowest BCUT2D eigenvalue weighted by Crippen LogP contribution is -2.26. The van der Waals surface area contributed by atoms with Crippen LogP contribution in [0.25, 0.3) is 22.0 Å². The molecule has 1 heterocycles. The number of hydrogen-bond acceptors (Lipinski definition) is 3. The summed E-state index contributed by atoms with van der Waals surface area (Å²) >= 11 is 0. The zero-order chi connectivity index (χ0) is 20.4. The lowest BCUT2D eigenvalue weighted by atomic mass is 10.0. The Hall–Kier alpha value is -3.86. The molecule has 1 aromatic heterocycles. The molecule has 0 unspecified atom stereocenters. The van der Waals surface area contributed by atoms with Crippen LogP contribution in [0, 0.1) is 0 Å². The van der Waals surface area contributed by atoms with Gasteiger partial charge in [-0.3, -0.25) is 9.59 Å². The maximum atomic E-state index is 12.7. The van der Waals surface area contributed by atoms with E-state index in [0.717, 1.165) is 5.56 Å². The first-order valence-electron chi connectivity index (χ1n) is 9.35. The predicted molar refractivity (Wildman–Crippen MR) is 114 cm³/mol. The van der Waals surface area contributed by atoms with Gasteiger partial charge in [0.05, 0.1) is 17.1 Å². The normalized spacial score (nSPS) is 11.9. The van der Waals surface area contributed by atoms with Gasteiger partial charge in [0.25, 0.3) is 11.5 Å². The summed E-state index contributed by atoms with van der Waals surface area (Å²) in [6.07, 6.45) is 0. The molecule has 0 radical (unpaired) electrons. The molecule has 0 spiro atoms. The summed E-state index contributed by atoms with van der Waals surface area (Å²) in [5.41, 5.74) is 2.30. The molecule has 4 rings (SSSR count). The van der Waals surface area contributed by atoms with Crippen molar-refractivity contribution in [3.63, 3.8) is 0 Å². The number of amides is 1. The van der Waals surface area contributed by atoms with E-state index in [1.165, 1.54) is 0 Å². The summed E-state index contributed by atoms with van der Waals surface area (Å²) < 4.78 is 0. The van der Waals surface area contributed by atoms with Gasteiger partial charge in [0.15, 0.2) is 0 Å². The molecule has 1 amide bonds. The van der Waals surface area contributed by atoms with Crippen molar-refractivity contribution in [1.29, 1.82) is 0 Å². The van der Waals surface area contributed by atoms with Gasteiger partial charge >= 0.3 is 0 Å². The third kappa shape index (κ3) is 3.62. The molecule has 3 N–H and O–H groups in total. The third-order valence-corrected chi connectivity index (χ3v) is 4.96. The van der Waals surface area contributed by atoms with Crippen LogP contribution in [0.2, 0.25) is 0 Å². The van der Waals surface area contributed by atoms with Crippen LogP contribution in [-0.4, -0.2) is 16.0 Å². The molecule has 0 aliphatic rings. The van der Waals surface area contributed by atoms with Crippen molar-refractivity contribution in [3.05, 3.63) is 100 Å².